The lowest BCUT2D eigenvalue weighted by Crippen LogP contribution is -2.68. The van der Waals surface area contributed by atoms with Crippen molar-refractivity contribution >= 4 is 11.5 Å². The second-order valence-electron chi connectivity index (χ2n) is 5.80. The van der Waals surface area contributed by atoms with Gasteiger partial charge in [-0.15, -0.1) is 0 Å². The summed E-state index contributed by atoms with van der Waals surface area (Å²) in [6.45, 7) is 0. The number of hydrogen-bond acceptors (Lipinski definition) is 4. The van der Waals surface area contributed by atoms with Gasteiger partial charge in [-0.1, -0.05) is 0 Å². The number of alkyl halides is 6. The van der Waals surface area contributed by atoms with E-state index in [2.05, 4.69) is 9.72 Å². The second-order valence-corrected chi connectivity index (χ2v) is 5.80. The van der Waals surface area contributed by atoms with Crippen molar-refractivity contribution in [2.45, 2.75) is 23.8 Å². The molecule has 0 saturated heterocycles. The molecule has 0 fully saturated rings. The summed E-state index contributed by atoms with van der Waals surface area (Å²) in [5, 5.41) is 3.87. The molecule has 2 bridgehead atoms. The Morgan fingerprint density at radius 1 is 0.885 bits per heavy atom. The lowest BCUT2D eigenvalue weighted by Gasteiger charge is -2.54. The zero-order valence-electron chi connectivity index (χ0n) is 12.5. The average Bonchev–Trinajstić information content (AvgIpc) is 2.53. The highest BCUT2D eigenvalue weighted by Gasteiger charge is 2.74. The van der Waals surface area contributed by atoms with Gasteiger partial charge in [0.15, 0.2) is 0 Å². The Labute approximate surface area is 141 Å². The minimum atomic E-state index is -5.36. The summed E-state index contributed by atoms with van der Waals surface area (Å²) in [4.78, 5) is 3.59. The number of halogens is 7. The number of fused-ring (bicyclic) bond motifs is 6. The van der Waals surface area contributed by atoms with Gasteiger partial charge in [-0.2, -0.15) is 26.3 Å². The first-order valence-corrected chi connectivity index (χ1v) is 7.16. The zero-order chi connectivity index (χ0) is 19.0. The van der Waals surface area contributed by atoms with Crippen molar-refractivity contribution < 1.29 is 35.5 Å². The second kappa shape index (κ2) is 4.78. The van der Waals surface area contributed by atoms with E-state index in [-0.39, 0.29) is 0 Å². The molecule has 1 aromatic carbocycles. The van der Waals surface area contributed by atoms with Crippen LogP contribution in [0.5, 0.6) is 0 Å². The quantitative estimate of drug-likeness (QED) is 0.673. The van der Waals surface area contributed by atoms with Gasteiger partial charge in [0.05, 0.1) is 5.56 Å². The van der Waals surface area contributed by atoms with Crippen LogP contribution >= 0.6 is 0 Å². The standard InChI is InChI=1S/C15H8F7N3O/c16-7-3-4-10-9(6-7)13(15(20,21)22)25-11-8(2-1-5-23-11)12(24-10,26-13)14(17,18)19/h1-6,24H,(H,23,25). The molecule has 4 nitrogen and oxygen atoms in total. The molecular weight excluding hydrogens is 371 g/mol. The van der Waals surface area contributed by atoms with Crippen LogP contribution in [-0.2, 0) is 16.2 Å². The predicted octanol–water partition coefficient (Wildman–Crippen LogP) is 4.22. The molecule has 26 heavy (non-hydrogen) atoms. The summed E-state index contributed by atoms with van der Waals surface area (Å²) in [5.41, 5.74) is -9.23. The maximum atomic E-state index is 13.9. The van der Waals surface area contributed by atoms with Crippen LogP contribution in [0, 0.1) is 5.82 Å². The van der Waals surface area contributed by atoms with Gasteiger partial charge in [-0.25, -0.2) is 9.37 Å². The van der Waals surface area contributed by atoms with Crippen LogP contribution in [0.2, 0.25) is 0 Å². The van der Waals surface area contributed by atoms with Crippen LogP contribution in [0.4, 0.5) is 42.2 Å². The number of rotatable bonds is 0. The van der Waals surface area contributed by atoms with Crippen LogP contribution in [-0.4, -0.2) is 17.3 Å². The fraction of sp³-hybridized carbons (Fsp3) is 0.267. The highest BCUT2D eigenvalue weighted by atomic mass is 19.4. The SMILES string of the molecule is Fc1ccc2c(c1)C1(C(F)(F)F)Nc3ncccc3C(C(F)(F)F)(N2)O1. The number of anilines is 2. The first-order valence-electron chi connectivity index (χ1n) is 7.16. The van der Waals surface area contributed by atoms with E-state index < -0.39 is 52.3 Å². The van der Waals surface area contributed by atoms with Crippen molar-refractivity contribution in [3.63, 3.8) is 0 Å². The third-order valence-electron chi connectivity index (χ3n) is 4.26. The van der Waals surface area contributed by atoms with Crippen molar-refractivity contribution in [1.82, 2.24) is 4.98 Å². The van der Waals surface area contributed by atoms with E-state index >= 15 is 0 Å². The van der Waals surface area contributed by atoms with Crippen molar-refractivity contribution in [2.24, 2.45) is 0 Å². The first-order chi connectivity index (χ1) is 12.0. The molecular formula is C15H8F7N3O. The summed E-state index contributed by atoms with van der Waals surface area (Å²) < 4.78 is 102. The fourth-order valence-electron chi connectivity index (χ4n) is 3.15. The molecule has 4 rings (SSSR count). The van der Waals surface area contributed by atoms with Gasteiger partial charge in [0.1, 0.15) is 11.6 Å². The number of nitrogens with one attached hydrogen (secondary N) is 2. The number of pyridine rings is 1. The largest absolute Gasteiger partial charge is 0.441 e. The average molecular weight is 379 g/mol. The molecule has 0 amide bonds. The minimum Gasteiger partial charge on any atom is -0.346 e. The molecule has 2 aliphatic rings. The van der Waals surface area contributed by atoms with Crippen LogP contribution in [0.25, 0.3) is 0 Å². The lowest BCUT2D eigenvalue weighted by atomic mass is 9.88. The van der Waals surface area contributed by atoms with Crippen LogP contribution < -0.4 is 10.6 Å². The molecule has 0 radical (unpaired) electrons. The number of hydrogen-bond donors (Lipinski definition) is 2. The lowest BCUT2D eigenvalue weighted by molar-refractivity contribution is -0.369. The Kier molecular flexibility index (Phi) is 3.11. The molecule has 0 saturated carbocycles. The molecule has 1 aromatic heterocycles. The molecule has 2 unspecified atom stereocenters. The highest BCUT2D eigenvalue weighted by Crippen LogP contribution is 2.60. The Morgan fingerprint density at radius 2 is 1.54 bits per heavy atom. The number of nitrogens with zero attached hydrogens (tertiary/aromatic N) is 1. The molecule has 138 valence electrons. The Bertz CT molecular complexity index is 898. The van der Waals surface area contributed by atoms with Crippen LogP contribution in [0.15, 0.2) is 36.5 Å². The summed E-state index contributed by atoms with van der Waals surface area (Å²) >= 11 is 0. The monoisotopic (exact) mass is 379 g/mol. The fourth-order valence-corrected chi connectivity index (χ4v) is 3.15. The number of benzene rings is 1. The molecule has 3 heterocycles. The molecule has 2 aromatic rings. The third kappa shape index (κ3) is 1.97. The summed E-state index contributed by atoms with van der Waals surface area (Å²) in [6, 6.07) is 4.11. The van der Waals surface area contributed by atoms with Gasteiger partial charge < -0.3 is 15.4 Å². The molecule has 0 spiro atoms. The van der Waals surface area contributed by atoms with E-state index in [4.69, 9.17) is 0 Å². The van der Waals surface area contributed by atoms with Crippen molar-refractivity contribution in [3.05, 3.63) is 53.5 Å². The van der Waals surface area contributed by atoms with Gasteiger partial charge in [0.25, 0.3) is 11.4 Å². The van der Waals surface area contributed by atoms with Crippen molar-refractivity contribution in [1.29, 1.82) is 0 Å². The van der Waals surface area contributed by atoms with Gasteiger partial charge in [0, 0.05) is 17.4 Å². The van der Waals surface area contributed by atoms with E-state index in [0.29, 0.717) is 6.07 Å². The summed E-state index contributed by atoms with van der Waals surface area (Å²) in [5.74, 6) is -1.73. The number of aromatic nitrogens is 1. The van der Waals surface area contributed by atoms with Crippen LogP contribution in [0.3, 0.4) is 0 Å². The zero-order valence-corrected chi connectivity index (χ0v) is 12.5. The van der Waals surface area contributed by atoms with Gasteiger partial charge >= 0.3 is 12.4 Å². The maximum Gasteiger partial charge on any atom is 0.441 e. The molecule has 2 aliphatic heterocycles. The molecule has 2 N–H and O–H groups in total. The van der Waals surface area contributed by atoms with E-state index in [1.165, 1.54) is 0 Å². The maximum absolute atomic E-state index is 13.9. The first kappa shape index (κ1) is 16.9. The summed E-state index contributed by atoms with van der Waals surface area (Å²) in [7, 11) is 0. The van der Waals surface area contributed by atoms with Gasteiger partial charge in [0.2, 0.25) is 0 Å². The Morgan fingerprint density at radius 3 is 2.19 bits per heavy atom. The van der Waals surface area contributed by atoms with Crippen molar-refractivity contribution in [3.8, 4) is 0 Å². The number of ether oxygens (including phenoxy) is 1. The predicted molar refractivity (Wildman–Crippen MR) is 74.4 cm³/mol. The normalized spacial score (nSPS) is 27.0. The molecule has 11 heteroatoms. The Hall–Kier alpha value is -2.56. The smallest absolute Gasteiger partial charge is 0.346 e. The van der Waals surface area contributed by atoms with E-state index in [9.17, 15) is 30.7 Å². The Balaban J connectivity index is 2.11. The topological polar surface area (TPSA) is 46.2 Å². The highest BCUT2D eigenvalue weighted by molar-refractivity contribution is 5.67. The van der Waals surface area contributed by atoms with E-state index in [1.54, 1.807) is 0 Å². The van der Waals surface area contributed by atoms with Gasteiger partial charge in [-0.05, 0) is 30.3 Å². The van der Waals surface area contributed by atoms with E-state index in [1.807, 2.05) is 10.6 Å². The van der Waals surface area contributed by atoms with E-state index in [0.717, 1.165) is 30.5 Å². The third-order valence-corrected chi connectivity index (χ3v) is 4.26. The summed E-state index contributed by atoms with van der Waals surface area (Å²) in [6.07, 6.45) is -9.60. The molecule has 2 atom stereocenters. The minimum absolute atomic E-state index is 0.469. The van der Waals surface area contributed by atoms with Crippen LogP contribution in [0.1, 0.15) is 11.1 Å². The van der Waals surface area contributed by atoms with Crippen molar-refractivity contribution in [2.75, 3.05) is 10.6 Å². The molecule has 0 aliphatic carbocycles. The van der Waals surface area contributed by atoms with Gasteiger partial charge in [-0.3, -0.25) is 0 Å².